The lowest BCUT2D eigenvalue weighted by Gasteiger charge is -2.16. The van der Waals surface area contributed by atoms with E-state index in [4.69, 9.17) is 4.74 Å². The van der Waals surface area contributed by atoms with Gasteiger partial charge in [-0.15, -0.1) is 0 Å². The number of pyridine rings is 1. The number of ether oxygens (including phenoxy) is 1. The molecule has 2 rings (SSSR count). The molecule has 0 bridgehead atoms. The minimum absolute atomic E-state index is 0.354. The van der Waals surface area contributed by atoms with Gasteiger partial charge in [-0.1, -0.05) is 19.4 Å². The van der Waals surface area contributed by atoms with Crippen LogP contribution in [0.4, 0.5) is 5.82 Å². The van der Waals surface area contributed by atoms with Crippen LogP contribution in [0.25, 0.3) is 0 Å². The van der Waals surface area contributed by atoms with Crippen LogP contribution in [0.15, 0.2) is 36.9 Å². The Morgan fingerprint density at radius 2 is 2.20 bits per heavy atom. The van der Waals surface area contributed by atoms with Crippen molar-refractivity contribution in [3.8, 4) is 5.75 Å². The molecule has 0 aliphatic heterocycles. The van der Waals surface area contributed by atoms with E-state index in [1.54, 1.807) is 12.4 Å². The molecule has 2 heterocycles. The lowest BCUT2D eigenvalue weighted by atomic mass is 10.2. The van der Waals surface area contributed by atoms with Gasteiger partial charge in [0.2, 0.25) is 0 Å². The molecule has 0 aromatic carbocycles. The molecule has 0 saturated carbocycles. The second kappa shape index (κ2) is 7.43. The van der Waals surface area contributed by atoms with Crippen LogP contribution in [-0.4, -0.2) is 21.0 Å². The van der Waals surface area contributed by atoms with Gasteiger partial charge in [-0.05, 0) is 25.5 Å². The summed E-state index contributed by atoms with van der Waals surface area (Å²) in [7, 11) is 0. The highest BCUT2D eigenvalue weighted by Gasteiger charge is 2.09. The molecule has 0 saturated heterocycles. The summed E-state index contributed by atoms with van der Waals surface area (Å²) in [5, 5.41) is 3.35. The quantitative estimate of drug-likeness (QED) is 0.839. The highest BCUT2D eigenvalue weighted by Crippen LogP contribution is 2.22. The molecule has 5 heteroatoms. The van der Waals surface area contributed by atoms with Gasteiger partial charge < -0.3 is 10.1 Å². The Bertz CT molecular complexity index is 518. The van der Waals surface area contributed by atoms with Crippen molar-refractivity contribution >= 4 is 5.82 Å². The number of hydrogen-bond acceptors (Lipinski definition) is 5. The van der Waals surface area contributed by atoms with Gasteiger partial charge in [-0.25, -0.2) is 9.97 Å². The Labute approximate surface area is 119 Å². The van der Waals surface area contributed by atoms with Crippen molar-refractivity contribution in [2.75, 3.05) is 5.32 Å². The molecule has 0 spiro atoms. The van der Waals surface area contributed by atoms with Crippen molar-refractivity contribution < 1.29 is 4.74 Å². The van der Waals surface area contributed by atoms with Crippen LogP contribution in [-0.2, 0) is 6.61 Å². The predicted molar refractivity (Wildman–Crippen MR) is 78.6 cm³/mol. The van der Waals surface area contributed by atoms with Crippen LogP contribution in [0.1, 0.15) is 32.4 Å². The van der Waals surface area contributed by atoms with Crippen LogP contribution >= 0.6 is 0 Å². The average Bonchev–Trinajstić information content (AvgIpc) is 2.48. The number of aromatic nitrogens is 3. The number of rotatable bonds is 7. The van der Waals surface area contributed by atoms with Crippen molar-refractivity contribution in [2.45, 2.75) is 39.3 Å². The van der Waals surface area contributed by atoms with Gasteiger partial charge >= 0.3 is 0 Å². The molecular weight excluding hydrogens is 252 g/mol. The van der Waals surface area contributed by atoms with E-state index in [9.17, 15) is 0 Å². The summed E-state index contributed by atoms with van der Waals surface area (Å²) in [6, 6.07) is 6.10. The zero-order chi connectivity index (χ0) is 14.2. The van der Waals surface area contributed by atoms with Gasteiger partial charge in [-0.3, -0.25) is 4.98 Å². The SMILES string of the molecule is CCC[C@@H](C)Nc1ncncc1OCc1ccccn1. The lowest BCUT2D eigenvalue weighted by Crippen LogP contribution is -2.16. The Balaban J connectivity index is 2.00. The zero-order valence-corrected chi connectivity index (χ0v) is 11.9. The van der Waals surface area contributed by atoms with Gasteiger partial charge in [0.1, 0.15) is 12.9 Å². The average molecular weight is 272 g/mol. The lowest BCUT2D eigenvalue weighted by molar-refractivity contribution is 0.300. The van der Waals surface area contributed by atoms with Crippen molar-refractivity contribution in [3.05, 3.63) is 42.6 Å². The van der Waals surface area contributed by atoms with Crippen LogP contribution in [0.5, 0.6) is 5.75 Å². The van der Waals surface area contributed by atoms with Gasteiger partial charge in [-0.2, -0.15) is 0 Å². The molecule has 106 valence electrons. The van der Waals surface area contributed by atoms with E-state index in [0.717, 1.165) is 24.4 Å². The first-order valence-electron chi connectivity index (χ1n) is 6.89. The van der Waals surface area contributed by atoms with Gasteiger partial charge in [0, 0.05) is 12.2 Å². The van der Waals surface area contributed by atoms with Crippen LogP contribution in [0, 0.1) is 0 Å². The number of nitrogens with zero attached hydrogens (tertiary/aromatic N) is 3. The molecule has 0 fully saturated rings. The monoisotopic (exact) mass is 272 g/mol. The maximum Gasteiger partial charge on any atom is 0.180 e. The largest absolute Gasteiger partial charge is 0.482 e. The molecule has 0 aliphatic carbocycles. The summed E-state index contributed by atoms with van der Waals surface area (Å²) >= 11 is 0. The predicted octanol–water partition coefficient (Wildman–Crippen LogP) is 3.05. The molecule has 5 nitrogen and oxygen atoms in total. The highest BCUT2D eigenvalue weighted by molar-refractivity contribution is 5.48. The Morgan fingerprint density at radius 3 is 2.95 bits per heavy atom. The first kappa shape index (κ1) is 14.2. The normalized spacial score (nSPS) is 11.9. The van der Waals surface area contributed by atoms with Crippen LogP contribution in [0.2, 0.25) is 0 Å². The summed E-state index contributed by atoms with van der Waals surface area (Å²) in [5.74, 6) is 1.39. The number of nitrogens with one attached hydrogen (secondary N) is 1. The molecular formula is C15H20N4O. The third kappa shape index (κ3) is 4.19. The van der Waals surface area contributed by atoms with Crippen molar-refractivity contribution in [1.29, 1.82) is 0 Å². The standard InChI is InChI=1S/C15H20N4O/c1-3-6-12(2)19-15-14(9-16-11-18-15)20-10-13-7-4-5-8-17-13/h4-5,7-9,11-12H,3,6,10H2,1-2H3,(H,16,18,19)/t12-/m1/s1. The summed E-state index contributed by atoms with van der Waals surface area (Å²) < 4.78 is 5.75. The van der Waals surface area contributed by atoms with E-state index in [-0.39, 0.29) is 0 Å². The fraction of sp³-hybridized carbons (Fsp3) is 0.400. The zero-order valence-electron chi connectivity index (χ0n) is 11.9. The third-order valence-corrected chi connectivity index (χ3v) is 2.89. The first-order valence-corrected chi connectivity index (χ1v) is 6.89. The molecule has 2 aromatic rings. The second-order valence-corrected chi connectivity index (χ2v) is 4.68. The maximum absolute atomic E-state index is 5.75. The molecule has 1 N–H and O–H groups in total. The van der Waals surface area contributed by atoms with Crippen molar-refractivity contribution in [3.63, 3.8) is 0 Å². The molecule has 0 radical (unpaired) electrons. The van der Waals surface area contributed by atoms with Crippen LogP contribution < -0.4 is 10.1 Å². The first-order chi connectivity index (χ1) is 9.79. The maximum atomic E-state index is 5.75. The van der Waals surface area contributed by atoms with E-state index < -0.39 is 0 Å². The number of hydrogen-bond donors (Lipinski definition) is 1. The Kier molecular flexibility index (Phi) is 5.29. The van der Waals surface area contributed by atoms with Gasteiger partial charge in [0.25, 0.3) is 0 Å². The van der Waals surface area contributed by atoms with Crippen molar-refractivity contribution in [2.24, 2.45) is 0 Å². The van der Waals surface area contributed by atoms with Crippen molar-refractivity contribution in [1.82, 2.24) is 15.0 Å². The summed E-state index contributed by atoms with van der Waals surface area (Å²) in [6.45, 7) is 4.70. The minimum Gasteiger partial charge on any atom is -0.482 e. The van der Waals surface area contributed by atoms with Crippen LogP contribution in [0.3, 0.4) is 0 Å². The topological polar surface area (TPSA) is 59.9 Å². The second-order valence-electron chi connectivity index (χ2n) is 4.68. The summed E-state index contributed by atoms with van der Waals surface area (Å²) in [4.78, 5) is 12.5. The van der Waals surface area contributed by atoms with E-state index in [1.807, 2.05) is 18.2 Å². The Hall–Kier alpha value is -2.17. The summed E-state index contributed by atoms with van der Waals surface area (Å²) in [6.07, 6.45) is 7.17. The van der Waals surface area contributed by atoms with E-state index in [2.05, 4.69) is 34.1 Å². The van der Waals surface area contributed by atoms with E-state index in [0.29, 0.717) is 18.4 Å². The number of anilines is 1. The van der Waals surface area contributed by atoms with Gasteiger partial charge in [0.15, 0.2) is 11.6 Å². The molecule has 0 aliphatic rings. The fourth-order valence-electron chi connectivity index (χ4n) is 1.90. The Morgan fingerprint density at radius 1 is 1.30 bits per heavy atom. The molecule has 0 amide bonds. The molecule has 2 aromatic heterocycles. The minimum atomic E-state index is 0.354. The molecule has 20 heavy (non-hydrogen) atoms. The van der Waals surface area contributed by atoms with Gasteiger partial charge in [0.05, 0.1) is 11.9 Å². The highest BCUT2D eigenvalue weighted by atomic mass is 16.5. The molecule has 1 atom stereocenters. The fourth-order valence-corrected chi connectivity index (χ4v) is 1.90. The van der Waals surface area contributed by atoms with E-state index in [1.165, 1.54) is 6.33 Å². The summed E-state index contributed by atoms with van der Waals surface area (Å²) in [5.41, 5.74) is 0.879. The smallest absolute Gasteiger partial charge is 0.180 e. The third-order valence-electron chi connectivity index (χ3n) is 2.89. The van der Waals surface area contributed by atoms with E-state index >= 15 is 0 Å². The molecule has 0 unspecified atom stereocenters.